The number of amidine groups is 3. The molecule has 0 aromatic rings. The van der Waals surface area contributed by atoms with Gasteiger partial charge in [0.1, 0.15) is 23.3 Å². The predicted octanol–water partition coefficient (Wildman–Crippen LogP) is 16.0. The van der Waals surface area contributed by atoms with Crippen LogP contribution in [0.25, 0.3) is 0 Å². The molecule has 746 valence electrons. The molecule has 27 heteroatoms. The molecule has 0 aromatic heterocycles. The first-order valence-corrected chi connectivity index (χ1v) is 50.7. The Hall–Kier alpha value is -4.49. The molecule has 0 aromatic carbocycles. The fourth-order valence-corrected chi connectivity index (χ4v) is 27.7. The molecule has 130 heavy (non-hydrogen) atoms. The second-order valence-electron chi connectivity index (χ2n) is 54.7. The summed E-state index contributed by atoms with van der Waals surface area (Å²) in [4.78, 5) is 62.8. The Balaban J connectivity index is 1.03. The number of hydrogen-bond acceptors (Lipinski definition) is 26. The molecule has 5 N–H and O–H groups in total. The first-order chi connectivity index (χ1) is 58.9. The molecule has 9 saturated heterocycles. The fraction of sp³-hybridized carbons (Fsp3) is 0.913. The molecule has 0 radical (unpaired) electrons. The van der Waals surface area contributed by atoms with Crippen molar-refractivity contribution in [2.45, 2.75) is 519 Å². The van der Waals surface area contributed by atoms with E-state index in [1.54, 1.807) is 10.6 Å². The highest BCUT2D eigenvalue weighted by atomic mass is 16.8. The van der Waals surface area contributed by atoms with E-state index in [4.69, 9.17) is 29.7 Å². The van der Waals surface area contributed by atoms with Crippen LogP contribution < -0.4 is 27.0 Å². The third-order valence-corrected chi connectivity index (χ3v) is 37.2. The van der Waals surface area contributed by atoms with Crippen molar-refractivity contribution in [3.63, 3.8) is 0 Å². The smallest absolute Gasteiger partial charge is 0.157 e. The van der Waals surface area contributed by atoms with Crippen LogP contribution in [0, 0.1) is 0 Å². The number of likely N-dealkylation sites (tertiary alicyclic amines) is 9. The van der Waals surface area contributed by atoms with Crippen LogP contribution in [-0.2, 0) is 14.5 Å². The molecule has 0 unspecified atom stereocenters. The summed E-state index contributed by atoms with van der Waals surface area (Å²) in [6.45, 7) is 89.3. The van der Waals surface area contributed by atoms with Crippen molar-refractivity contribution in [3.05, 3.63) is 35.7 Å². The lowest BCUT2D eigenvalue weighted by atomic mass is 9.73. The zero-order valence-electron chi connectivity index (χ0n) is 91.7. The van der Waals surface area contributed by atoms with E-state index >= 15 is 0 Å². The van der Waals surface area contributed by atoms with E-state index in [1.165, 1.54) is 0 Å². The van der Waals surface area contributed by atoms with E-state index < -0.39 is 0 Å². The highest BCUT2D eigenvalue weighted by molar-refractivity contribution is 5.95. The second kappa shape index (κ2) is 35.1. The zero-order valence-corrected chi connectivity index (χ0v) is 91.7. The standard InChI is InChI=1S/C103H196N24O3/c1-86(2)53-71(54-87(3,4)112(86)37)122(72-55-88(5,6)113(38)89(7,8)56-72)83-50-80(106-125(109-83)128-77-65-98(25,26)118(43)99(27,28)66-77)104-46-48-121(82-52-85(111-127(108-82)130-79-69-102(33,34)120(45)103(35,36)70-79)124(75-61-94(17,18)116(41)95(19,20)62-75)76-63-96(21,22)117(42)97(23,24)64-76)49-47-105-81-51-84(110-126(107-81)129-78-67-100(29,30)119(44)101(31,32)68-78)123(73-57-90(9,10)114(39)91(11,12)58-73)74-59-92(13,14)115(40)93(15,16)60-74/h50-52,71-79,104,106,110-111H,46-49,53-70H2,1-45H3,(H,105,107). The Labute approximate surface area is 793 Å². The fourth-order valence-electron chi connectivity index (χ4n) is 27.7. The summed E-state index contributed by atoms with van der Waals surface area (Å²) in [5, 5.41) is 21.2. The van der Waals surface area contributed by atoms with Crippen molar-refractivity contribution in [2.75, 3.05) is 89.6 Å². The van der Waals surface area contributed by atoms with Gasteiger partial charge in [-0.2, -0.15) is 0 Å². The molecule has 0 aliphatic carbocycles. The minimum Gasteiger partial charge on any atom is -0.369 e. The van der Waals surface area contributed by atoms with Gasteiger partial charge in [-0.25, -0.2) is 20.5 Å². The minimum atomic E-state index is -0.160. The van der Waals surface area contributed by atoms with Gasteiger partial charge >= 0.3 is 0 Å². The van der Waals surface area contributed by atoms with Gasteiger partial charge in [0.15, 0.2) is 11.7 Å². The lowest BCUT2D eigenvalue weighted by Gasteiger charge is -2.61. The summed E-state index contributed by atoms with van der Waals surface area (Å²) in [7, 11) is 20.9. The lowest BCUT2D eigenvalue weighted by Crippen LogP contribution is -2.69. The van der Waals surface area contributed by atoms with E-state index in [2.05, 4.69) is 422 Å². The van der Waals surface area contributed by atoms with Gasteiger partial charge in [0.2, 0.25) is 0 Å². The Kier molecular flexibility index (Phi) is 28.2. The molecule has 0 bridgehead atoms. The van der Waals surface area contributed by atoms with Crippen molar-refractivity contribution < 1.29 is 14.5 Å². The van der Waals surface area contributed by atoms with E-state index in [-0.39, 0.29) is 154 Å². The maximum Gasteiger partial charge on any atom is 0.157 e. The number of aliphatic imine (C=N–C) groups is 1. The van der Waals surface area contributed by atoms with Gasteiger partial charge in [0.05, 0.1) is 24.9 Å². The molecule has 0 saturated carbocycles. The highest BCUT2D eigenvalue weighted by Crippen LogP contribution is 2.52. The maximum atomic E-state index is 7.62. The van der Waals surface area contributed by atoms with Gasteiger partial charge in [-0.3, -0.25) is 64.8 Å². The van der Waals surface area contributed by atoms with E-state index in [1.807, 2.05) is 5.28 Å². The molecule has 27 nitrogen and oxygen atoms in total. The molecule has 0 atom stereocenters. The summed E-state index contributed by atoms with van der Waals surface area (Å²) >= 11 is 0. The maximum absolute atomic E-state index is 7.62. The number of nitrogens with zero attached hydrogens (tertiary/aromatic N) is 19. The number of hydrazine groups is 4. The zero-order chi connectivity index (χ0) is 97.4. The van der Waals surface area contributed by atoms with Gasteiger partial charge < -0.3 is 24.9 Å². The van der Waals surface area contributed by atoms with Crippen LogP contribution in [0.5, 0.6) is 0 Å². The molecule has 12 rings (SSSR count). The van der Waals surface area contributed by atoms with Gasteiger partial charge in [-0.15, -0.1) is 10.2 Å². The SMILES string of the molecule is CN1C(C)(C)CC(ON2N=C(N(C3CC(C)(C)N(C)C(C)(C)C3)C3CC(C)(C)N(C)C(C)(C)C3)C=C(NCCN(CCN=C3C=C(N(C4CC(C)(C)N(C)C(C)(C)C4)C4CC(C)(C)N(C)C(C)(C)C4)NN(OC4CC(C)(C)N(C)C(C)(C)C4)N3)C3=NN(OC4CC(C)(C)N(C)C(C)(C)C4)NC(N(C4CC(C)(C)N(C)C(C)(C)C4)C4CC(C)(C)N(C)C(C)(C)C4)=C3)N2)CC1(C)C. The van der Waals surface area contributed by atoms with Crippen LogP contribution in [0.2, 0.25) is 0 Å². The first kappa shape index (κ1) is 104. The predicted molar refractivity (Wildman–Crippen MR) is 538 cm³/mol. The lowest BCUT2D eigenvalue weighted by molar-refractivity contribution is -0.272. The summed E-state index contributed by atoms with van der Waals surface area (Å²) in [5.41, 5.74) is 13.7. The van der Waals surface area contributed by atoms with Crippen molar-refractivity contribution in [3.8, 4) is 0 Å². The molecule has 12 aliphatic heterocycles. The Morgan fingerprint density at radius 1 is 0.292 bits per heavy atom. The molecule has 12 heterocycles. The van der Waals surface area contributed by atoms with Gasteiger partial charge in [-0.1, -0.05) is 10.6 Å². The van der Waals surface area contributed by atoms with Crippen LogP contribution in [0.1, 0.15) is 365 Å². The summed E-state index contributed by atoms with van der Waals surface area (Å²) in [6.07, 6.45) is 23.4. The van der Waals surface area contributed by atoms with Crippen molar-refractivity contribution >= 4 is 17.5 Å². The number of nitrogens with one attached hydrogen (secondary N) is 5. The number of hydrogen-bond donors (Lipinski definition) is 5. The number of hydrazone groups is 2. The topological polar surface area (TPSA) is 177 Å². The molecule has 9 fully saturated rings. The van der Waals surface area contributed by atoms with Crippen LogP contribution in [0.3, 0.4) is 0 Å². The van der Waals surface area contributed by atoms with E-state index in [9.17, 15) is 0 Å². The second-order valence-corrected chi connectivity index (χ2v) is 54.7. The van der Waals surface area contributed by atoms with Gasteiger partial charge in [-0.05, 0) is 434 Å². The normalized spacial score (nSPS) is 30.5. The third kappa shape index (κ3) is 21.5. The third-order valence-electron chi connectivity index (χ3n) is 37.2. The Morgan fingerprint density at radius 3 is 0.831 bits per heavy atom. The largest absolute Gasteiger partial charge is 0.369 e. The molecule has 12 aliphatic rings. The van der Waals surface area contributed by atoms with Crippen molar-refractivity contribution in [2.24, 2.45) is 15.2 Å². The summed E-state index contributed by atoms with van der Waals surface area (Å²) in [6, 6.07) is 1.02. The Bertz CT molecular complexity index is 3900. The van der Waals surface area contributed by atoms with Gasteiger partial charge in [0, 0.05) is 174 Å². The van der Waals surface area contributed by atoms with E-state index in [0.29, 0.717) is 26.2 Å². The molecule has 0 amide bonds. The van der Waals surface area contributed by atoms with Crippen LogP contribution in [-0.4, -0.2) is 341 Å². The van der Waals surface area contributed by atoms with Gasteiger partial charge in [0.25, 0.3) is 0 Å². The van der Waals surface area contributed by atoms with Crippen molar-refractivity contribution in [1.82, 2.24) is 107 Å². The van der Waals surface area contributed by atoms with Crippen LogP contribution >= 0.6 is 0 Å². The van der Waals surface area contributed by atoms with Crippen molar-refractivity contribution in [1.29, 1.82) is 0 Å². The molecular weight excluding hydrogens is 1620 g/mol. The summed E-state index contributed by atoms with van der Waals surface area (Å²) < 4.78 is 0. The number of piperidine rings is 9. The van der Waals surface area contributed by atoms with Crippen LogP contribution in [0.15, 0.2) is 50.9 Å². The highest BCUT2D eigenvalue weighted by Gasteiger charge is 2.58. The average Bonchev–Trinajstić information content (AvgIpc) is 0.740. The average molecular weight is 1820 g/mol. The number of rotatable bonds is 21. The molecule has 0 spiro atoms. The Morgan fingerprint density at radius 2 is 0.538 bits per heavy atom. The van der Waals surface area contributed by atoms with Crippen LogP contribution in [0.4, 0.5) is 0 Å². The monoisotopic (exact) mass is 1820 g/mol. The summed E-state index contributed by atoms with van der Waals surface area (Å²) in [5.74, 6) is 5.32. The first-order valence-electron chi connectivity index (χ1n) is 50.7. The minimum absolute atomic E-state index is 0.0907. The van der Waals surface area contributed by atoms with E-state index in [0.717, 1.165) is 151 Å². The molecular formula is C103H196N24O3. The quantitative estimate of drug-likeness (QED) is 0.0733.